The average molecular weight is 243 g/mol. The molecule has 1 heterocycles. The standard InChI is InChI=1S/C15H17NS/c1-10-6-9-15(17-10)13-5-3-4-12-11(13)7-8-14(12)16-2/h3-6,9,14,16H,7-8H2,1-2H3. The van der Waals surface area contributed by atoms with Gasteiger partial charge in [-0.25, -0.2) is 0 Å². The molecule has 1 unspecified atom stereocenters. The van der Waals surface area contributed by atoms with Gasteiger partial charge in [-0.15, -0.1) is 11.3 Å². The summed E-state index contributed by atoms with van der Waals surface area (Å²) in [7, 11) is 2.06. The molecule has 1 nitrogen and oxygen atoms in total. The molecule has 1 aromatic carbocycles. The lowest BCUT2D eigenvalue weighted by Gasteiger charge is -2.11. The zero-order valence-electron chi connectivity index (χ0n) is 10.3. The van der Waals surface area contributed by atoms with E-state index in [-0.39, 0.29) is 0 Å². The van der Waals surface area contributed by atoms with Crippen LogP contribution < -0.4 is 5.32 Å². The van der Waals surface area contributed by atoms with E-state index in [1.807, 2.05) is 11.3 Å². The number of hydrogen-bond donors (Lipinski definition) is 1. The first-order valence-electron chi connectivity index (χ1n) is 6.15. The van der Waals surface area contributed by atoms with E-state index in [4.69, 9.17) is 0 Å². The van der Waals surface area contributed by atoms with Gasteiger partial charge in [-0.1, -0.05) is 18.2 Å². The number of aryl methyl sites for hydroxylation is 1. The van der Waals surface area contributed by atoms with Crippen molar-refractivity contribution in [2.75, 3.05) is 7.05 Å². The summed E-state index contributed by atoms with van der Waals surface area (Å²) < 4.78 is 0. The lowest BCUT2D eigenvalue weighted by atomic mass is 10.0. The van der Waals surface area contributed by atoms with E-state index in [9.17, 15) is 0 Å². The van der Waals surface area contributed by atoms with Crippen LogP contribution in [-0.4, -0.2) is 7.05 Å². The number of nitrogens with one attached hydrogen (secondary N) is 1. The summed E-state index contributed by atoms with van der Waals surface area (Å²) in [6, 6.07) is 11.7. The zero-order chi connectivity index (χ0) is 11.8. The first kappa shape index (κ1) is 11.0. The Kier molecular flexibility index (Phi) is 2.77. The van der Waals surface area contributed by atoms with E-state index in [1.165, 1.54) is 33.7 Å². The summed E-state index contributed by atoms with van der Waals surface area (Å²) in [5.41, 5.74) is 4.49. The van der Waals surface area contributed by atoms with E-state index in [2.05, 4.69) is 49.6 Å². The first-order chi connectivity index (χ1) is 8.29. The van der Waals surface area contributed by atoms with E-state index in [0.29, 0.717) is 6.04 Å². The predicted molar refractivity (Wildman–Crippen MR) is 74.6 cm³/mol. The molecule has 0 amide bonds. The third-order valence-corrected chi connectivity index (χ3v) is 4.66. The molecule has 1 aromatic heterocycles. The van der Waals surface area contributed by atoms with Crippen LogP contribution in [-0.2, 0) is 6.42 Å². The van der Waals surface area contributed by atoms with Crippen molar-refractivity contribution >= 4 is 11.3 Å². The molecule has 0 saturated carbocycles. The highest BCUT2D eigenvalue weighted by atomic mass is 32.1. The van der Waals surface area contributed by atoms with Crippen LogP contribution in [0.1, 0.15) is 28.5 Å². The van der Waals surface area contributed by atoms with Gasteiger partial charge in [0.2, 0.25) is 0 Å². The zero-order valence-corrected chi connectivity index (χ0v) is 11.1. The largest absolute Gasteiger partial charge is 0.313 e. The molecule has 0 saturated heterocycles. The molecular weight excluding hydrogens is 226 g/mol. The quantitative estimate of drug-likeness (QED) is 0.842. The molecule has 88 valence electrons. The molecule has 0 bridgehead atoms. The minimum atomic E-state index is 0.547. The van der Waals surface area contributed by atoms with E-state index < -0.39 is 0 Å². The second kappa shape index (κ2) is 4.28. The molecule has 1 N–H and O–H groups in total. The maximum absolute atomic E-state index is 3.41. The summed E-state index contributed by atoms with van der Waals surface area (Å²) in [6.45, 7) is 2.17. The maximum atomic E-state index is 3.41. The fourth-order valence-electron chi connectivity index (χ4n) is 2.76. The van der Waals surface area contributed by atoms with Crippen LogP contribution >= 0.6 is 11.3 Å². The fourth-order valence-corrected chi connectivity index (χ4v) is 3.68. The van der Waals surface area contributed by atoms with Crippen molar-refractivity contribution in [3.63, 3.8) is 0 Å². The topological polar surface area (TPSA) is 12.0 Å². The Hall–Kier alpha value is -1.12. The second-order valence-corrected chi connectivity index (χ2v) is 5.95. The lowest BCUT2D eigenvalue weighted by Crippen LogP contribution is -2.12. The summed E-state index contributed by atoms with van der Waals surface area (Å²) in [5.74, 6) is 0. The van der Waals surface area contributed by atoms with Crippen LogP contribution in [0.3, 0.4) is 0 Å². The van der Waals surface area contributed by atoms with Crippen LogP contribution in [0.5, 0.6) is 0 Å². The maximum Gasteiger partial charge on any atom is 0.0348 e. The average Bonchev–Trinajstić information content (AvgIpc) is 2.94. The Morgan fingerprint density at radius 3 is 2.82 bits per heavy atom. The van der Waals surface area contributed by atoms with E-state index >= 15 is 0 Å². The Balaban J connectivity index is 2.11. The Morgan fingerprint density at radius 1 is 1.24 bits per heavy atom. The highest BCUT2D eigenvalue weighted by Crippen LogP contribution is 2.39. The molecule has 0 fully saturated rings. The van der Waals surface area contributed by atoms with Gasteiger partial charge in [0.1, 0.15) is 0 Å². The monoisotopic (exact) mass is 243 g/mol. The smallest absolute Gasteiger partial charge is 0.0348 e. The van der Waals surface area contributed by atoms with Gasteiger partial charge < -0.3 is 5.32 Å². The van der Waals surface area contributed by atoms with Crippen LogP contribution in [0.25, 0.3) is 10.4 Å². The summed E-state index contributed by atoms with van der Waals surface area (Å²) in [6.07, 6.45) is 2.43. The molecule has 2 heteroatoms. The van der Waals surface area contributed by atoms with E-state index in [1.54, 1.807) is 5.56 Å². The molecule has 1 aliphatic carbocycles. The summed E-state index contributed by atoms with van der Waals surface area (Å²) >= 11 is 1.90. The number of rotatable bonds is 2. The SMILES string of the molecule is CNC1CCc2c(-c3ccc(C)s3)cccc21. The number of hydrogen-bond acceptors (Lipinski definition) is 2. The van der Waals surface area contributed by atoms with Gasteiger partial charge in [0.25, 0.3) is 0 Å². The Bertz CT molecular complexity index is 542. The van der Waals surface area contributed by atoms with Gasteiger partial charge in [-0.3, -0.25) is 0 Å². The number of fused-ring (bicyclic) bond motifs is 1. The summed E-state index contributed by atoms with van der Waals surface area (Å²) in [5, 5.41) is 3.41. The molecule has 17 heavy (non-hydrogen) atoms. The number of thiophene rings is 1. The van der Waals surface area contributed by atoms with Gasteiger partial charge in [-0.05, 0) is 55.6 Å². The lowest BCUT2D eigenvalue weighted by molar-refractivity contribution is 0.590. The predicted octanol–water partition coefficient (Wildman–Crippen LogP) is 3.93. The van der Waals surface area contributed by atoms with Gasteiger partial charge in [-0.2, -0.15) is 0 Å². The minimum absolute atomic E-state index is 0.547. The Labute approximate surface area is 106 Å². The molecule has 0 spiro atoms. The van der Waals surface area contributed by atoms with Crippen molar-refractivity contribution in [2.24, 2.45) is 0 Å². The van der Waals surface area contributed by atoms with Crippen molar-refractivity contribution in [1.82, 2.24) is 5.32 Å². The van der Waals surface area contributed by atoms with Crippen LogP contribution in [0.2, 0.25) is 0 Å². The fraction of sp³-hybridized carbons (Fsp3) is 0.333. The molecule has 1 aliphatic rings. The van der Waals surface area contributed by atoms with Crippen molar-refractivity contribution in [1.29, 1.82) is 0 Å². The molecule has 2 aromatic rings. The number of benzene rings is 1. The van der Waals surface area contributed by atoms with Crippen molar-refractivity contribution in [2.45, 2.75) is 25.8 Å². The highest BCUT2D eigenvalue weighted by Gasteiger charge is 2.23. The van der Waals surface area contributed by atoms with Crippen molar-refractivity contribution in [3.05, 3.63) is 46.3 Å². The van der Waals surface area contributed by atoms with Gasteiger partial charge in [0.15, 0.2) is 0 Å². The van der Waals surface area contributed by atoms with Gasteiger partial charge in [0, 0.05) is 15.8 Å². The van der Waals surface area contributed by atoms with Crippen molar-refractivity contribution in [3.8, 4) is 10.4 Å². The van der Waals surface area contributed by atoms with Crippen LogP contribution in [0.15, 0.2) is 30.3 Å². The van der Waals surface area contributed by atoms with Gasteiger partial charge >= 0.3 is 0 Å². The van der Waals surface area contributed by atoms with Crippen molar-refractivity contribution < 1.29 is 0 Å². The molecule has 1 atom stereocenters. The molecule has 0 aliphatic heterocycles. The van der Waals surface area contributed by atoms with Crippen LogP contribution in [0, 0.1) is 6.92 Å². The van der Waals surface area contributed by atoms with E-state index in [0.717, 1.165) is 0 Å². The van der Waals surface area contributed by atoms with Crippen LogP contribution in [0.4, 0.5) is 0 Å². The highest BCUT2D eigenvalue weighted by molar-refractivity contribution is 7.15. The minimum Gasteiger partial charge on any atom is -0.313 e. The Morgan fingerprint density at radius 2 is 2.12 bits per heavy atom. The third kappa shape index (κ3) is 1.81. The molecule has 0 radical (unpaired) electrons. The third-order valence-electron chi connectivity index (χ3n) is 3.62. The first-order valence-corrected chi connectivity index (χ1v) is 6.97. The van der Waals surface area contributed by atoms with Gasteiger partial charge in [0.05, 0.1) is 0 Å². The summed E-state index contributed by atoms with van der Waals surface area (Å²) in [4.78, 5) is 2.80. The normalized spacial score (nSPS) is 18.4. The molecule has 3 rings (SSSR count). The second-order valence-electron chi connectivity index (χ2n) is 4.66. The molecular formula is C15H17NS.